The van der Waals surface area contributed by atoms with Crippen molar-refractivity contribution in [3.05, 3.63) is 59.5 Å². The van der Waals surface area contributed by atoms with E-state index in [0.29, 0.717) is 12.4 Å². The molecule has 0 aliphatic carbocycles. The van der Waals surface area contributed by atoms with Gasteiger partial charge in [0.1, 0.15) is 11.5 Å². The van der Waals surface area contributed by atoms with E-state index in [1.165, 1.54) is 0 Å². The second kappa shape index (κ2) is 9.03. The van der Waals surface area contributed by atoms with Crippen molar-refractivity contribution in [2.45, 2.75) is 32.8 Å². The fourth-order valence-electron chi connectivity index (χ4n) is 2.33. The maximum Gasteiger partial charge on any atom is 0.374 e. The Hall–Kier alpha value is -2.40. The van der Waals surface area contributed by atoms with Crippen molar-refractivity contribution >= 4 is 11.8 Å². The summed E-state index contributed by atoms with van der Waals surface area (Å²) in [6, 6.07) is 13.4. The lowest BCUT2D eigenvalue weighted by Gasteiger charge is -2.14. The Balaban J connectivity index is 1.98. The van der Waals surface area contributed by atoms with E-state index < -0.39 is 11.8 Å². The van der Waals surface area contributed by atoms with Crippen molar-refractivity contribution in [3.8, 4) is 0 Å². The highest BCUT2D eigenvalue weighted by atomic mass is 16.5. The molecule has 1 unspecified atom stereocenters. The van der Waals surface area contributed by atoms with Crippen LogP contribution in [0.4, 0.5) is 0 Å². The van der Waals surface area contributed by atoms with E-state index in [1.54, 1.807) is 6.92 Å². The van der Waals surface area contributed by atoms with Crippen LogP contribution in [-0.4, -0.2) is 25.0 Å². The van der Waals surface area contributed by atoms with E-state index in [1.807, 2.05) is 49.4 Å². The molecule has 0 radical (unpaired) electrons. The van der Waals surface area contributed by atoms with Crippen LogP contribution in [-0.2, 0) is 25.7 Å². The second-order valence-electron chi connectivity index (χ2n) is 5.49. The molecule has 1 atom stereocenters. The molecular formula is C19H22O5. The molecule has 1 aromatic heterocycles. The molecule has 0 aliphatic rings. The lowest BCUT2D eigenvalue weighted by atomic mass is 10.0. The first-order chi connectivity index (χ1) is 11.6. The molecule has 1 heterocycles. The standard InChI is InChI=1S/C19H22O5/c1-3-23-19(21)17(20)11-16(18-10-9-14(2)24-18)13-22-12-15-7-5-4-6-8-15/h4-10,16H,3,11-13H2,1-2H3. The fourth-order valence-corrected chi connectivity index (χ4v) is 2.33. The van der Waals surface area contributed by atoms with Gasteiger partial charge in [-0.05, 0) is 31.5 Å². The minimum atomic E-state index is -0.811. The molecule has 0 spiro atoms. The number of esters is 1. The number of hydrogen-bond donors (Lipinski definition) is 0. The molecule has 5 heteroatoms. The Labute approximate surface area is 141 Å². The van der Waals surface area contributed by atoms with Crippen molar-refractivity contribution in [1.29, 1.82) is 0 Å². The second-order valence-corrected chi connectivity index (χ2v) is 5.49. The molecule has 24 heavy (non-hydrogen) atoms. The Morgan fingerprint density at radius 1 is 1.12 bits per heavy atom. The van der Waals surface area contributed by atoms with E-state index in [-0.39, 0.29) is 25.6 Å². The molecular weight excluding hydrogens is 308 g/mol. The number of hydrogen-bond acceptors (Lipinski definition) is 5. The average Bonchev–Trinajstić information content (AvgIpc) is 3.01. The van der Waals surface area contributed by atoms with Crippen molar-refractivity contribution < 1.29 is 23.5 Å². The molecule has 2 rings (SSSR count). The summed E-state index contributed by atoms with van der Waals surface area (Å²) < 4.78 is 16.1. The number of carbonyl (C=O) groups excluding carboxylic acids is 2. The Kier molecular flexibility index (Phi) is 6.75. The van der Waals surface area contributed by atoms with Gasteiger partial charge in [0.2, 0.25) is 5.78 Å². The van der Waals surface area contributed by atoms with Crippen LogP contribution in [0, 0.1) is 6.92 Å². The van der Waals surface area contributed by atoms with Crippen LogP contribution >= 0.6 is 0 Å². The number of carbonyl (C=O) groups is 2. The quantitative estimate of drug-likeness (QED) is 0.521. The molecule has 0 saturated carbocycles. The van der Waals surface area contributed by atoms with Crippen LogP contribution in [0.25, 0.3) is 0 Å². The van der Waals surface area contributed by atoms with Gasteiger partial charge in [0.05, 0.1) is 19.8 Å². The third-order valence-corrected chi connectivity index (χ3v) is 3.53. The first-order valence-corrected chi connectivity index (χ1v) is 7.98. The van der Waals surface area contributed by atoms with Gasteiger partial charge in [-0.2, -0.15) is 0 Å². The summed E-state index contributed by atoms with van der Waals surface area (Å²) in [5, 5.41) is 0. The zero-order valence-electron chi connectivity index (χ0n) is 14.0. The predicted octanol–water partition coefficient (Wildman–Crippen LogP) is 3.41. The third-order valence-electron chi connectivity index (χ3n) is 3.53. The molecule has 0 amide bonds. The Morgan fingerprint density at radius 2 is 1.88 bits per heavy atom. The number of aryl methyl sites for hydroxylation is 1. The molecule has 0 fully saturated rings. The van der Waals surface area contributed by atoms with Crippen molar-refractivity contribution in [3.63, 3.8) is 0 Å². The fraction of sp³-hybridized carbons (Fsp3) is 0.368. The van der Waals surface area contributed by atoms with Gasteiger partial charge < -0.3 is 13.9 Å². The van der Waals surface area contributed by atoms with Gasteiger partial charge in [-0.1, -0.05) is 30.3 Å². The van der Waals surface area contributed by atoms with E-state index in [0.717, 1.165) is 11.3 Å². The van der Waals surface area contributed by atoms with Crippen LogP contribution in [0.3, 0.4) is 0 Å². The SMILES string of the molecule is CCOC(=O)C(=O)CC(COCc1ccccc1)c1ccc(C)o1. The summed E-state index contributed by atoms with van der Waals surface area (Å²) in [6.07, 6.45) is 0.000572. The van der Waals surface area contributed by atoms with E-state index in [4.69, 9.17) is 13.9 Å². The smallest absolute Gasteiger partial charge is 0.374 e. The van der Waals surface area contributed by atoms with E-state index >= 15 is 0 Å². The summed E-state index contributed by atoms with van der Waals surface area (Å²) in [6.45, 7) is 4.40. The molecule has 128 valence electrons. The Bertz CT molecular complexity index is 659. The minimum Gasteiger partial charge on any atom is -0.466 e. The summed E-state index contributed by atoms with van der Waals surface area (Å²) in [7, 11) is 0. The van der Waals surface area contributed by atoms with Crippen molar-refractivity contribution in [2.24, 2.45) is 0 Å². The van der Waals surface area contributed by atoms with Gasteiger partial charge >= 0.3 is 5.97 Å². The number of Topliss-reactive ketones (excluding diaryl/α,β-unsaturated/α-hetero) is 1. The number of rotatable bonds is 9. The maximum absolute atomic E-state index is 12.0. The highest BCUT2D eigenvalue weighted by Crippen LogP contribution is 2.23. The molecule has 2 aromatic rings. The van der Waals surface area contributed by atoms with Gasteiger partial charge in [-0.25, -0.2) is 4.79 Å². The number of ether oxygens (including phenoxy) is 2. The summed E-state index contributed by atoms with van der Waals surface area (Å²) >= 11 is 0. The van der Waals surface area contributed by atoms with Crippen LogP contribution in [0.1, 0.15) is 36.3 Å². The van der Waals surface area contributed by atoms with Gasteiger partial charge in [-0.3, -0.25) is 4.79 Å². The van der Waals surface area contributed by atoms with E-state index in [9.17, 15) is 9.59 Å². The number of ketones is 1. The normalized spacial score (nSPS) is 11.9. The molecule has 0 saturated heterocycles. The minimum absolute atomic E-state index is 0.000572. The van der Waals surface area contributed by atoms with Crippen LogP contribution in [0.5, 0.6) is 0 Å². The topological polar surface area (TPSA) is 65.7 Å². The van der Waals surface area contributed by atoms with Gasteiger partial charge in [0.25, 0.3) is 0 Å². The van der Waals surface area contributed by atoms with Gasteiger partial charge in [0, 0.05) is 12.3 Å². The van der Waals surface area contributed by atoms with Gasteiger partial charge in [-0.15, -0.1) is 0 Å². The number of furan rings is 1. The summed E-state index contributed by atoms with van der Waals surface area (Å²) in [5.74, 6) is -0.313. The zero-order valence-corrected chi connectivity index (χ0v) is 14.0. The number of benzene rings is 1. The lowest BCUT2D eigenvalue weighted by molar-refractivity contribution is -0.153. The largest absolute Gasteiger partial charge is 0.466 e. The molecule has 0 N–H and O–H groups in total. The van der Waals surface area contributed by atoms with Crippen LogP contribution in [0.15, 0.2) is 46.9 Å². The highest BCUT2D eigenvalue weighted by Gasteiger charge is 2.24. The van der Waals surface area contributed by atoms with E-state index in [2.05, 4.69) is 0 Å². The monoisotopic (exact) mass is 330 g/mol. The van der Waals surface area contributed by atoms with Crippen LogP contribution in [0.2, 0.25) is 0 Å². The molecule has 5 nitrogen and oxygen atoms in total. The zero-order chi connectivity index (χ0) is 17.4. The molecule has 0 aliphatic heterocycles. The summed E-state index contributed by atoms with van der Waals surface area (Å²) in [4.78, 5) is 23.6. The first-order valence-electron chi connectivity index (χ1n) is 7.98. The first kappa shape index (κ1) is 17.9. The third kappa shape index (κ3) is 5.35. The molecule has 0 bridgehead atoms. The highest BCUT2D eigenvalue weighted by molar-refractivity contribution is 6.33. The van der Waals surface area contributed by atoms with Crippen molar-refractivity contribution in [2.75, 3.05) is 13.2 Å². The Morgan fingerprint density at radius 3 is 2.50 bits per heavy atom. The van der Waals surface area contributed by atoms with Crippen molar-refractivity contribution in [1.82, 2.24) is 0 Å². The average molecular weight is 330 g/mol. The lowest BCUT2D eigenvalue weighted by Crippen LogP contribution is -2.21. The maximum atomic E-state index is 12.0. The van der Waals surface area contributed by atoms with Gasteiger partial charge in [0.15, 0.2) is 0 Å². The van der Waals surface area contributed by atoms with Crippen LogP contribution < -0.4 is 0 Å². The predicted molar refractivity (Wildman–Crippen MR) is 88.5 cm³/mol. The molecule has 1 aromatic carbocycles. The summed E-state index contributed by atoms with van der Waals surface area (Å²) in [5.41, 5.74) is 1.04.